The highest BCUT2D eigenvalue weighted by Gasteiger charge is 2.21. The van der Waals surface area contributed by atoms with Gasteiger partial charge in [-0.1, -0.05) is 29.3 Å². The summed E-state index contributed by atoms with van der Waals surface area (Å²) in [5.74, 6) is 0.222. The van der Waals surface area contributed by atoms with E-state index >= 15 is 0 Å². The van der Waals surface area contributed by atoms with Gasteiger partial charge in [-0.2, -0.15) is 8.75 Å². The number of hydrogen-bond acceptors (Lipinski definition) is 7. The number of aromatic hydroxyl groups is 1. The van der Waals surface area contributed by atoms with Crippen molar-refractivity contribution in [1.82, 2.24) is 13.6 Å². The first-order valence-electron chi connectivity index (χ1n) is 7.83. The number of carbonyl (C=O) groups excluding carboxylic acids is 1. The number of carbonyl (C=O) groups is 1. The van der Waals surface area contributed by atoms with Gasteiger partial charge in [0.1, 0.15) is 0 Å². The van der Waals surface area contributed by atoms with Crippen LogP contribution in [-0.2, 0) is 0 Å². The molecule has 11 heteroatoms. The average molecular weight is 503 g/mol. The third-order valence-electron chi connectivity index (χ3n) is 3.69. The molecule has 28 heavy (non-hydrogen) atoms. The summed E-state index contributed by atoms with van der Waals surface area (Å²) in [6, 6.07) is 8.48. The first-order valence-corrected chi connectivity index (χ1v) is 10.1. The molecule has 2 aromatic carbocycles. The van der Waals surface area contributed by atoms with Gasteiger partial charge in [-0.3, -0.25) is 4.79 Å². The Morgan fingerprint density at radius 2 is 1.75 bits per heavy atom. The van der Waals surface area contributed by atoms with Crippen LogP contribution in [0.4, 0.5) is 23.0 Å². The zero-order valence-electron chi connectivity index (χ0n) is 14.6. The molecule has 0 fully saturated rings. The maximum atomic E-state index is 12.4. The van der Waals surface area contributed by atoms with Gasteiger partial charge in [0.05, 0.1) is 38.7 Å². The van der Waals surface area contributed by atoms with E-state index in [0.29, 0.717) is 37.5 Å². The second kappa shape index (κ2) is 8.52. The molecule has 3 aromatic rings. The van der Waals surface area contributed by atoms with Crippen LogP contribution >= 0.6 is 50.9 Å². The first-order chi connectivity index (χ1) is 13.3. The largest absolute Gasteiger partial charge is 0.505 e. The molecule has 0 spiro atoms. The van der Waals surface area contributed by atoms with E-state index in [4.69, 9.17) is 23.2 Å². The molecule has 0 bridgehead atoms. The lowest BCUT2D eigenvalue weighted by atomic mass is 10.1. The topological polar surface area (TPSA) is 90.4 Å². The van der Waals surface area contributed by atoms with E-state index < -0.39 is 0 Å². The Hall–Kier alpha value is -2.07. The molecule has 0 aliphatic heterocycles. The summed E-state index contributed by atoms with van der Waals surface area (Å²) in [7, 11) is 3.21. The monoisotopic (exact) mass is 501 g/mol. The van der Waals surface area contributed by atoms with Crippen molar-refractivity contribution in [3.05, 3.63) is 50.4 Å². The smallest absolute Gasteiger partial charge is 0.258 e. The minimum Gasteiger partial charge on any atom is -0.505 e. The number of anilines is 4. The molecule has 146 valence electrons. The van der Waals surface area contributed by atoms with Crippen molar-refractivity contribution < 1.29 is 9.90 Å². The van der Waals surface area contributed by atoms with E-state index in [-0.39, 0.29) is 17.2 Å². The fourth-order valence-corrected chi connectivity index (χ4v) is 3.61. The third-order valence-corrected chi connectivity index (χ3v) is 5.70. The quantitative estimate of drug-likeness (QED) is 0.399. The van der Waals surface area contributed by atoms with Crippen LogP contribution in [-0.4, -0.2) is 38.8 Å². The van der Waals surface area contributed by atoms with E-state index in [0.717, 1.165) is 11.7 Å². The molecule has 1 heterocycles. The number of phenols is 1. The predicted octanol–water partition coefficient (Wildman–Crippen LogP) is 5.50. The highest BCUT2D eigenvalue weighted by molar-refractivity contribution is 9.10. The van der Waals surface area contributed by atoms with Gasteiger partial charge in [-0.25, -0.2) is 0 Å². The van der Waals surface area contributed by atoms with Gasteiger partial charge in [0.15, 0.2) is 17.4 Å². The standard InChI is InChI=1S/C17H14BrCl2N5O2S/c1-25(2)17(27)12-8(18)6-7-11(14(12)26)22-16-15(23-28-24-16)21-10-5-3-4-9(19)13(10)20/h3-7,26H,1-2H3,(H,21,23)(H,22,24). The number of benzene rings is 2. The fraction of sp³-hybridized carbons (Fsp3) is 0.118. The summed E-state index contributed by atoms with van der Waals surface area (Å²) in [5, 5.41) is 17.4. The Morgan fingerprint density at radius 3 is 2.39 bits per heavy atom. The molecule has 0 saturated carbocycles. The highest BCUT2D eigenvalue weighted by Crippen LogP contribution is 2.38. The van der Waals surface area contributed by atoms with Crippen molar-refractivity contribution >= 4 is 79.8 Å². The molecule has 0 unspecified atom stereocenters. The van der Waals surface area contributed by atoms with Crippen molar-refractivity contribution in [3.8, 4) is 5.75 Å². The Labute approximate surface area is 183 Å². The van der Waals surface area contributed by atoms with Crippen molar-refractivity contribution in [1.29, 1.82) is 0 Å². The predicted molar refractivity (Wildman–Crippen MR) is 117 cm³/mol. The van der Waals surface area contributed by atoms with Crippen molar-refractivity contribution in [3.63, 3.8) is 0 Å². The Morgan fingerprint density at radius 1 is 1.11 bits per heavy atom. The molecule has 3 N–H and O–H groups in total. The molecular formula is C17H14BrCl2N5O2S. The van der Waals surface area contributed by atoms with Crippen LogP contribution in [0, 0.1) is 0 Å². The minimum atomic E-state index is -0.339. The molecule has 3 rings (SSSR count). The summed E-state index contributed by atoms with van der Waals surface area (Å²) >= 11 is 16.5. The third kappa shape index (κ3) is 4.17. The van der Waals surface area contributed by atoms with Gasteiger partial charge < -0.3 is 20.6 Å². The second-order valence-electron chi connectivity index (χ2n) is 5.83. The number of amides is 1. The number of nitrogens with one attached hydrogen (secondary N) is 2. The van der Waals surface area contributed by atoms with Gasteiger partial charge in [0, 0.05) is 18.6 Å². The van der Waals surface area contributed by atoms with Crippen molar-refractivity contribution in [2.24, 2.45) is 0 Å². The number of hydrogen-bond donors (Lipinski definition) is 3. The lowest BCUT2D eigenvalue weighted by molar-refractivity contribution is 0.0824. The Balaban J connectivity index is 1.92. The fourth-order valence-electron chi connectivity index (χ4n) is 2.30. The summed E-state index contributed by atoms with van der Waals surface area (Å²) in [4.78, 5) is 13.7. The number of halogens is 3. The van der Waals surface area contributed by atoms with Crippen LogP contribution in [0.1, 0.15) is 10.4 Å². The van der Waals surface area contributed by atoms with Gasteiger partial charge in [0.25, 0.3) is 5.91 Å². The van der Waals surface area contributed by atoms with Crippen LogP contribution in [0.15, 0.2) is 34.8 Å². The lowest BCUT2D eigenvalue weighted by Gasteiger charge is -2.16. The maximum Gasteiger partial charge on any atom is 0.258 e. The summed E-state index contributed by atoms with van der Waals surface area (Å²) in [6.45, 7) is 0. The van der Waals surface area contributed by atoms with Crippen LogP contribution in [0.3, 0.4) is 0 Å². The Bertz CT molecular complexity index is 1040. The molecule has 0 atom stereocenters. The minimum absolute atomic E-state index is 0.144. The van der Waals surface area contributed by atoms with Crippen LogP contribution in [0.25, 0.3) is 0 Å². The molecule has 0 aliphatic carbocycles. The van der Waals surface area contributed by atoms with Gasteiger partial charge >= 0.3 is 0 Å². The van der Waals surface area contributed by atoms with Crippen LogP contribution < -0.4 is 10.6 Å². The van der Waals surface area contributed by atoms with E-state index in [1.807, 2.05) is 0 Å². The van der Waals surface area contributed by atoms with Crippen molar-refractivity contribution in [2.75, 3.05) is 24.7 Å². The van der Waals surface area contributed by atoms with Gasteiger partial charge in [0.2, 0.25) is 0 Å². The van der Waals surface area contributed by atoms with Crippen LogP contribution in [0.2, 0.25) is 10.0 Å². The number of rotatable bonds is 5. The second-order valence-corrected chi connectivity index (χ2v) is 8.00. The van der Waals surface area contributed by atoms with E-state index in [2.05, 4.69) is 35.3 Å². The van der Waals surface area contributed by atoms with Gasteiger partial charge in [-0.05, 0) is 40.2 Å². The zero-order chi connectivity index (χ0) is 20.4. The van der Waals surface area contributed by atoms with E-state index in [1.165, 1.54) is 4.90 Å². The maximum absolute atomic E-state index is 12.4. The normalized spacial score (nSPS) is 10.6. The zero-order valence-corrected chi connectivity index (χ0v) is 18.5. The van der Waals surface area contributed by atoms with E-state index in [1.54, 1.807) is 44.4 Å². The number of nitrogens with zero attached hydrogens (tertiary/aromatic N) is 3. The molecular weight excluding hydrogens is 489 g/mol. The summed E-state index contributed by atoms with van der Waals surface area (Å²) in [5.41, 5.74) is 1.01. The SMILES string of the molecule is CN(C)C(=O)c1c(Br)ccc(Nc2nsnc2Nc2cccc(Cl)c2Cl)c1O. The average Bonchev–Trinajstić information content (AvgIpc) is 3.08. The first kappa shape index (κ1) is 20.7. The lowest BCUT2D eigenvalue weighted by Crippen LogP contribution is -2.22. The van der Waals surface area contributed by atoms with Gasteiger partial charge in [-0.15, -0.1) is 0 Å². The molecule has 1 amide bonds. The summed E-state index contributed by atoms with van der Waals surface area (Å²) < 4.78 is 8.88. The number of aromatic nitrogens is 2. The molecule has 0 radical (unpaired) electrons. The number of phenolic OH excluding ortho intramolecular Hbond substituents is 1. The molecule has 1 aromatic heterocycles. The van der Waals surface area contributed by atoms with Crippen LogP contribution in [0.5, 0.6) is 5.75 Å². The molecule has 7 nitrogen and oxygen atoms in total. The molecule has 0 saturated heterocycles. The van der Waals surface area contributed by atoms with E-state index in [9.17, 15) is 9.90 Å². The Kier molecular flexibility index (Phi) is 6.29. The molecule has 0 aliphatic rings. The summed E-state index contributed by atoms with van der Waals surface area (Å²) in [6.07, 6.45) is 0. The highest BCUT2D eigenvalue weighted by atomic mass is 79.9. The van der Waals surface area contributed by atoms with Crippen molar-refractivity contribution in [2.45, 2.75) is 0 Å².